The van der Waals surface area contributed by atoms with Gasteiger partial charge in [-0.05, 0) is 35.7 Å². The summed E-state index contributed by atoms with van der Waals surface area (Å²) in [5.41, 5.74) is 0. The first-order valence-electron chi connectivity index (χ1n) is 6.86. The predicted octanol–water partition coefficient (Wildman–Crippen LogP) is 3.14. The Hall–Kier alpha value is -1.66. The van der Waals surface area contributed by atoms with Gasteiger partial charge in [0.2, 0.25) is 0 Å². The molecule has 2 aromatic rings. The Labute approximate surface area is 132 Å². The van der Waals surface area contributed by atoms with E-state index in [1.54, 1.807) is 6.07 Å². The molecule has 112 valence electrons. The zero-order valence-corrected chi connectivity index (χ0v) is 13.4. The zero-order valence-electron chi connectivity index (χ0n) is 11.8. The molecule has 0 fully saturated rings. The van der Waals surface area contributed by atoms with Gasteiger partial charge in [0, 0.05) is 12.6 Å². The van der Waals surface area contributed by atoms with E-state index >= 15 is 0 Å². The van der Waals surface area contributed by atoms with Gasteiger partial charge in [-0.1, -0.05) is 19.1 Å². The summed E-state index contributed by atoms with van der Waals surface area (Å²) in [6, 6.07) is 7.40. The maximum absolute atomic E-state index is 12.0. The van der Waals surface area contributed by atoms with Gasteiger partial charge in [0.05, 0.1) is 9.75 Å². The molecule has 0 aromatic carbocycles. The molecule has 2 amide bonds. The molecule has 0 aliphatic heterocycles. The van der Waals surface area contributed by atoms with E-state index in [1.165, 1.54) is 22.7 Å². The van der Waals surface area contributed by atoms with Crippen molar-refractivity contribution in [2.45, 2.75) is 25.8 Å². The second kappa shape index (κ2) is 7.95. The fraction of sp³-hybridized carbons (Fsp3) is 0.333. The molecule has 0 aliphatic carbocycles. The Morgan fingerprint density at radius 3 is 2.24 bits per heavy atom. The molecule has 0 radical (unpaired) electrons. The van der Waals surface area contributed by atoms with Crippen LogP contribution in [0.4, 0.5) is 0 Å². The molecule has 1 atom stereocenters. The highest BCUT2D eigenvalue weighted by atomic mass is 32.1. The number of carbonyl (C=O) groups is 2. The van der Waals surface area contributed by atoms with Crippen LogP contribution in [0.2, 0.25) is 0 Å². The van der Waals surface area contributed by atoms with Gasteiger partial charge in [-0.2, -0.15) is 0 Å². The van der Waals surface area contributed by atoms with Gasteiger partial charge < -0.3 is 10.6 Å². The normalized spacial score (nSPS) is 11.9. The first kappa shape index (κ1) is 15.7. The Morgan fingerprint density at radius 1 is 1.10 bits per heavy atom. The third kappa shape index (κ3) is 4.68. The molecule has 0 spiro atoms. The van der Waals surface area contributed by atoms with Gasteiger partial charge in [-0.15, -0.1) is 22.7 Å². The maximum atomic E-state index is 12.0. The van der Waals surface area contributed by atoms with Crippen LogP contribution in [-0.4, -0.2) is 24.4 Å². The van der Waals surface area contributed by atoms with Crippen LogP contribution >= 0.6 is 22.7 Å². The molecule has 2 N–H and O–H groups in total. The van der Waals surface area contributed by atoms with Crippen molar-refractivity contribution in [3.8, 4) is 0 Å². The van der Waals surface area contributed by atoms with E-state index in [9.17, 15) is 9.59 Å². The molecule has 0 saturated carbocycles. The molecule has 0 aliphatic rings. The summed E-state index contributed by atoms with van der Waals surface area (Å²) in [4.78, 5) is 25.2. The van der Waals surface area contributed by atoms with E-state index in [1.807, 2.05) is 35.9 Å². The van der Waals surface area contributed by atoms with Crippen molar-refractivity contribution in [3.05, 3.63) is 44.8 Å². The summed E-state index contributed by atoms with van der Waals surface area (Å²) in [6.07, 6.45) is 1.57. The first-order valence-corrected chi connectivity index (χ1v) is 8.62. The number of thiophene rings is 2. The number of hydrogen-bond acceptors (Lipinski definition) is 4. The smallest absolute Gasteiger partial charge is 0.261 e. The number of nitrogens with one attached hydrogen (secondary N) is 2. The van der Waals surface area contributed by atoms with Crippen LogP contribution in [0.1, 0.15) is 39.1 Å². The second-order valence-electron chi connectivity index (χ2n) is 4.58. The van der Waals surface area contributed by atoms with Crippen LogP contribution < -0.4 is 10.6 Å². The van der Waals surface area contributed by atoms with Crippen LogP contribution in [0.5, 0.6) is 0 Å². The maximum Gasteiger partial charge on any atom is 0.261 e. The monoisotopic (exact) mass is 322 g/mol. The molecule has 6 heteroatoms. The SMILES string of the molecule is CC[C@@H](CCNC(=O)c1cccs1)NC(=O)c1cccs1. The fourth-order valence-corrected chi connectivity index (χ4v) is 3.16. The van der Waals surface area contributed by atoms with Crippen molar-refractivity contribution < 1.29 is 9.59 Å². The Kier molecular flexibility index (Phi) is 5.95. The average Bonchev–Trinajstić information content (AvgIpc) is 3.18. The predicted molar refractivity (Wildman–Crippen MR) is 87.1 cm³/mol. The van der Waals surface area contributed by atoms with Gasteiger partial charge in [0.1, 0.15) is 0 Å². The largest absolute Gasteiger partial charge is 0.351 e. The third-order valence-corrected chi connectivity index (χ3v) is 4.83. The minimum Gasteiger partial charge on any atom is -0.351 e. The standard InChI is InChI=1S/C15H18N2O2S2/c1-2-11(17-15(19)13-6-4-10-21-13)7-8-16-14(18)12-5-3-9-20-12/h3-6,9-11H,2,7-8H2,1H3,(H,16,18)(H,17,19)/t11-/m0/s1. The van der Waals surface area contributed by atoms with Crippen molar-refractivity contribution in [2.24, 2.45) is 0 Å². The Balaban J connectivity index is 1.75. The molecule has 0 saturated heterocycles. The molecule has 2 heterocycles. The van der Waals surface area contributed by atoms with E-state index in [0.717, 1.165) is 17.7 Å². The third-order valence-electron chi connectivity index (χ3n) is 3.10. The van der Waals surface area contributed by atoms with E-state index in [4.69, 9.17) is 0 Å². The highest BCUT2D eigenvalue weighted by molar-refractivity contribution is 7.12. The van der Waals surface area contributed by atoms with Gasteiger partial charge >= 0.3 is 0 Å². The average molecular weight is 322 g/mol. The summed E-state index contributed by atoms with van der Waals surface area (Å²) in [6.45, 7) is 2.58. The summed E-state index contributed by atoms with van der Waals surface area (Å²) >= 11 is 2.85. The Morgan fingerprint density at radius 2 is 1.71 bits per heavy atom. The van der Waals surface area contributed by atoms with Crippen LogP contribution in [0, 0.1) is 0 Å². The summed E-state index contributed by atoms with van der Waals surface area (Å²) in [5.74, 6) is -0.0918. The Bertz CT molecular complexity index is 565. The topological polar surface area (TPSA) is 58.2 Å². The van der Waals surface area contributed by atoms with Crippen LogP contribution in [-0.2, 0) is 0 Å². The lowest BCUT2D eigenvalue weighted by Gasteiger charge is -2.16. The molecule has 0 unspecified atom stereocenters. The van der Waals surface area contributed by atoms with Crippen molar-refractivity contribution in [1.29, 1.82) is 0 Å². The number of hydrogen-bond donors (Lipinski definition) is 2. The highest BCUT2D eigenvalue weighted by Gasteiger charge is 2.13. The van der Waals surface area contributed by atoms with Crippen LogP contribution in [0.3, 0.4) is 0 Å². The van der Waals surface area contributed by atoms with Crippen molar-refractivity contribution in [2.75, 3.05) is 6.54 Å². The van der Waals surface area contributed by atoms with Gasteiger partial charge in [0.25, 0.3) is 11.8 Å². The quantitative estimate of drug-likeness (QED) is 0.823. The minimum absolute atomic E-state index is 0.0403. The van der Waals surface area contributed by atoms with Gasteiger partial charge in [-0.25, -0.2) is 0 Å². The lowest BCUT2D eigenvalue weighted by Crippen LogP contribution is -2.37. The van der Waals surface area contributed by atoms with Crippen LogP contribution in [0.25, 0.3) is 0 Å². The van der Waals surface area contributed by atoms with Gasteiger partial charge in [-0.3, -0.25) is 9.59 Å². The van der Waals surface area contributed by atoms with Crippen molar-refractivity contribution in [3.63, 3.8) is 0 Å². The summed E-state index contributed by atoms with van der Waals surface area (Å²) in [5, 5.41) is 9.65. The minimum atomic E-state index is -0.0514. The molecular formula is C15H18N2O2S2. The molecular weight excluding hydrogens is 304 g/mol. The highest BCUT2D eigenvalue weighted by Crippen LogP contribution is 2.10. The lowest BCUT2D eigenvalue weighted by molar-refractivity contribution is 0.0936. The number of rotatable bonds is 7. The fourth-order valence-electron chi connectivity index (χ4n) is 1.90. The molecule has 2 rings (SSSR count). The van der Waals surface area contributed by atoms with E-state index in [-0.39, 0.29) is 17.9 Å². The molecule has 4 nitrogen and oxygen atoms in total. The number of amides is 2. The second-order valence-corrected chi connectivity index (χ2v) is 6.47. The van der Waals surface area contributed by atoms with E-state index in [2.05, 4.69) is 10.6 Å². The lowest BCUT2D eigenvalue weighted by atomic mass is 10.1. The van der Waals surface area contributed by atoms with Crippen LogP contribution in [0.15, 0.2) is 35.0 Å². The molecule has 21 heavy (non-hydrogen) atoms. The molecule has 2 aromatic heterocycles. The summed E-state index contributed by atoms with van der Waals surface area (Å²) in [7, 11) is 0. The van der Waals surface area contributed by atoms with Gasteiger partial charge in [0.15, 0.2) is 0 Å². The van der Waals surface area contributed by atoms with E-state index < -0.39 is 0 Å². The number of carbonyl (C=O) groups excluding carboxylic acids is 2. The summed E-state index contributed by atoms with van der Waals surface area (Å²) < 4.78 is 0. The molecule has 0 bridgehead atoms. The first-order chi connectivity index (χ1) is 10.2. The zero-order chi connectivity index (χ0) is 15.1. The van der Waals surface area contributed by atoms with Crippen molar-refractivity contribution >= 4 is 34.5 Å². The van der Waals surface area contributed by atoms with E-state index in [0.29, 0.717) is 11.4 Å². The van der Waals surface area contributed by atoms with Crippen molar-refractivity contribution in [1.82, 2.24) is 10.6 Å².